The third kappa shape index (κ3) is 4.25. The van der Waals surface area contributed by atoms with Crippen LogP contribution in [0.5, 0.6) is 0 Å². The van der Waals surface area contributed by atoms with Crippen LogP contribution in [0.15, 0.2) is 48.5 Å². The van der Waals surface area contributed by atoms with Gasteiger partial charge in [-0.15, -0.1) is 0 Å². The Balaban J connectivity index is 1.32. The summed E-state index contributed by atoms with van der Waals surface area (Å²) in [6.45, 7) is 3.39. The number of carbonyl (C=O) groups excluding carboxylic acids is 2. The highest BCUT2D eigenvalue weighted by Gasteiger charge is 2.21. The van der Waals surface area contributed by atoms with Crippen LogP contribution < -0.4 is 15.5 Å². The van der Waals surface area contributed by atoms with E-state index in [1.807, 2.05) is 41.3 Å². The molecule has 0 spiro atoms. The van der Waals surface area contributed by atoms with Gasteiger partial charge in [-0.25, -0.2) is 0 Å². The third-order valence-electron chi connectivity index (χ3n) is 5.72. The van der Waals surface area contributed by atoms with Crippen LogP contribution in [0.1, 0.15) is 53.1 Å². The Morgan fingerprint density at radius 2 is 1.86 bits per heavy atom. The molecule has 2 aliphatic rings. The summed E-state index contributed by atoms with van der Waals surface area (Å²) in [4.78, 5) is 26.1. The number of piperidine rings is 1. The largest absolute Gasteiger partial charge is 0.348 e. The Hall–Kier alpha value is -2.66. The minimum Gasteiger partial charge on any atom is -0.348 e. The highest BCUT2D eigenvalue weighted by molar-refractivity contribution is 5.95. The van der Waals surface area contributed by atoms with E-state index in [1.54, 1.807) is 0 Å². The highest BCUT2D eigenvalue weighted by atomic mass is 16.2. The summed E-state index contributed by atoms with van der Waals surface area (Å²) in [5.41, 5.74) is 3.95. The molecule has 2 aliphatic heterocycles. The second-order valence-electron chi connectivity index (χ2n) is 7.66. The molecule has 0 saturated carbocycles. The average Bonchev–Trinajstić information content (AvgIpc) is 3.19. The minimum atomic E-state index is -0.0629. The monoisotopic (exact) mass is 377 g/mol. The van der Waals surface area contributed by atoms with E-state index in [1.165, 1.54) is 18.4 Å². The van der Waals surface area contributed by atoms with Gasteiger partial charge >= 0.3 is 0 Å². The summed E-state index contributed by atoms with van der Waals surface area (Å²) in [6.07, 6.45) is 3.97. The summed E-state index contributed by atoms with van der Waals surface area (Å²) in [6, 6.07) is 15.8. The fourth-order valence-corrected chi connectivity index (χ4v) is 4.04. The first-order valence-corrected chi connectivity index (χ1v) is 10.2. The van der Waals surface area contributed by atoms with Gasteiger partial charge in [0.1, 0.15) is 0 Å². The topological polar surface area (TPSA) is 61.4 Å². The number of amides is 2. The first-order valence-electron chi connectivity index (χ1n) is 10.2. The molecule has 2 N–H and O–H groups in total. The molecule has 2 heterocycles. The molecule has 0 aromatic heterocycles. The van der Waals surface area contributed by atoms with E-state index in [0.29, 0.717) is 24.4 Å². The maximum atomic E-state index is 12.4. The van der Waals surface area contributed by atoms with Crippen LogP contribution in [0.3, 0.4) is 0 Å². The van der Waals surface area contributed by atoms with E-state index in [4.69, 9.17) is 0 Å². The van der Waals surface area contributed by atoms with Gasteiger partial charge in [-0.05, 0) is 67.1 Å². The van der Waals surface area contributed by atoms with Gasteiger partial charge < -0.3 is 15.5 Å². The Kier molecular flexibility index (Phi) is 5.72. The van der Waals surface area contributed by atoms with Crippen molar-refractivity contribution in [2.45, 2.75) is 38.1 Å². The normalized spacial score (nSPS) is 19.6. The molecule has 0 aliphatic carbocycles. The maximum absolute atomic E-state index is 12.4. The number of hydrogen-bond donors (Lipinski definition) is 2. The van der Waals surface area contributed by atoms with Crippen molar-refractivity contribution in [1.82, 2.24) is 10.6 Å². The molecule has 146 valence electrons. The average molecular weight is 377 g/mol. The number of carbonyl (C=O) groups is 2. The van der Waals surface area contributed by atoms with Crippen molar-refractivity contribution < 1.29 is 9.59 Å². The first kappa shape index (κ1) is 18.7. The van der Waals surface area contributed by atoms with Gasteiger partial charge in [0, 0.05) is 37.3 Å². The lowest BCUT2D eigenvalue weighted by atomic mass is 9.91. The van der Waals surface area contributed by atoms with Crippen molar-refractivity contribution in [2.24, 2.45) is 0 Å². The van der Waals surface area contributed by atoms with Crippen molar-refractivity contribution >= 4 is 17.5 Å². The molecule has 2 fully saturated rings. The van der Waals surface area contributed by atoms with Crippen LogP contribution in [-0.2, 0) is 11.3 Å². The van der Waals surface area contributed by atoms with Gasteiger partial charge in [-0.3, -0.25) is 9.59 Å². The molecule has 2 aromatic rings. The van der Waals surface area contributed by atoms with Crippen molar-refractivity contribution in [3.8, 4) is 0 Å². The second kappa shape index (κ2) is 8.57. The SMILES string of the molecule is O=C(NCc1ccc(N2CCCC2=O)cc1)c1ccc([C@@H]2CCCNC2)cc1. The van der Waals surface area contributed by atoms with Gasteiger partial charge in [0.05, 0.1) is 0 Å². The van der Waals surface area contributed by atoms with Crippen LogP contribution in [0.4, 0.5) is 5.69 Å². The van der Waals surface area contributed by atoms with Crippen LogP contribution in [0, 0.1) is 0 Å². The molecular weight excluding hydrogens is 350 g/mol. The molecule has 4 rings (SSSR count). The number of anilines is 1. The van der Waals surface area contributed by atoms with Crippen molar-refractivity contribution in [3.05, 3.63) is 65.2 Å². The van der Waals surface area contributed by atoms with Crippen LogP contribution in [0.2, 0.25) is 0 Å². The van der Waals surface area contributed by atoms with Crippen molar-refractivity contribution in [2.75, 3.05) is 24.5 Å². The van der Waals surface area contributed by atoms with E-state index in [9.17, 15) is 9.59 Å². The zero-order chi connectivity index (χ0) is 19.3. The molecule has 0 radical (unpaired) electrons. The van der Waals surface area contributed by atoms with E-state index in [0.717, 1.165) is 37.3 Å². The zero-order valence-electron chi connectivity index (χ0n) is 16.1. The highest BCUT2D eigenvalue weighted by Crippen LogP contribution is 2.24. The lowest BCUT2D eigenvalue weighted by molar-refractivity contribution is -0.117. The van der Waals surface area contributed by atoms with Crippen LogP contribution >= 0.6 is 0 Å². The quantitative estimate of drug-likeness (QED) is 0.841. The molecule has 5 nitrogen and oxygen atoms in total. The van der Waals surface area contributed by atoms with Crippen LogP contribution in [0.25, 0.3) is 0 Å². The smallest absolute Gasteiger partial charge is 0.251 e. The second-order valence-corrected chi connectivity index (χ2v) is 7.66. The lowest BCUT2D eigenvalue weighted by Gasteiger charge is -2.23. The molecule has 28 heavy (non-hydrogen) atoms. The number of rotatable bonds is 5. The molecule has 2 aromatic carbocycles. The van der Waals surface area contributed by atoms with Gasteiger partial charge in [0.25, 0.3) is 5.91 Å². The molecule has 1 atom stereocenters. The third-order valence-corrected chi connectivity index (χ3v) is 5.72. The first-order chi connectivity index (χ1) is 13.7. The van der Waals surface area contributed by atoms with E-state index < -0.39 is 0 Å². The van der Waals surface area contributed by atoms with E-state index in [2.05, 4.69) is 22.8 Å². The Morgan fingerprint density at radius 1 is 1.07 bits per heavy atom. The molecule has 0 unspecified atom stereocenters. The molecule has 2 saturated heterocycles. The molecule has 0 bridgehead atoms. The molecule has 2 amide bonds. The predicted octanol–water partition coefficient (Wildman–Crippen LogP) is 3.21. The maximum Gasteiger partial charge on any atom is 0.251 e. The number of hydrogen-bond acceptors (Lipinski definition) is 3. The number of nitrogens with one attached hydrogen (secondary N) is 2. The predicted molar refractivity (Wildman–Crippen MR) is 110 cm³/mol. The Bertz CT molecular complexity index is 824. The van der Waals surface area contributed by atoms with Crippen LogP contribution in [-0.4, -0.2) is 31.4 Å². The summed E-state index contributed by atoms with van der Waals surface area (Å²) in [5, 5.41) is 6.41. The van der Waals surface area contributed by atoms with Gasteiger partial charge in [-0.2, -0.15) is 0 Å². The van der Waals surface area contributed by atoms with Gasteiger partial charge in [0.15, 0.2) is 0 Å². The van der Waals surface area contributed by atoms with E-state index in [-0.39, 0.29) is 11.8 Å². The fourth-order valence-electron chi connectivity index (χ4n) is 4.04. The minimum absolute atomic E-state index is 0.0629. The fraction of sp³-hybridized carbons (Fsp3) is 0.391. The van der Waals surface area contributed by atoms with Crippen molar-refractivity contribution in [3.63, 3.8) is 0 Å². The Labute approximate surface area is 166 Å². The van der Waals surface area contributed by atoms with Crippen molar-refractivity contribution in [1.29, 1.82) is 0 Å². The number of nitrogens with zero attached hydrogens (tertiary/aromatic N) is 1. The number of benzene rings is 2. The standard InChI is InChI=1S/C23H27N3O2/c27-22-4-2-14-26(22)21-11-5-17(6-12-21)15-25-23(28)19-9-7-18(8-10-19)20-3-1-13-24-16-20/h5-12,20,24H,1-4,13-16H2,(H,25,28)/t20-/m1/s1. The van der Waals surface area contributed by atoms with Gasteiger partial charge in [0.2, 0.25) is 5.91 Å². The summed E-state index contributed by atoms with van der Waals surface area (Å²) in [7, 11) is 0. The summed E-state index contributed by atoms with van der Waals surface area (Å²) >= 11 is 0. The summed E-state index contributed by atoms with van der Waals surface area (Å²) < 4.78 is 0. The molecular formula is C23H27N3O2. The Morgan fingerprint density at radius 3 is 2.50 bits per heavy atom. The zero-order valence-corrected chi connectivity index (χ0v) is 16.1. The molecule has 5 heteroatoms. The lowest BCUT2D eigenvalue weighted by Crippen LogP contribution is -2.28. The van der Waals surface area contributed by atoms with E-state index >= 15 is 0 Å². The van der Waals surface area contributed by atoms with Gasteiger partial charge in [-0.1, -0.05) is 24.3 Å². The summed E-state index contributed by atoms with van der Waals surface area (Å²) in [5.74, 6) is 0.674.